The maximum absolute atomic E-state index is 12.4. The number of carbonyl (C=O) groups excluding carboxylic acids is 1. The number of allylic oxidation sites excluding steroid dienone is 1. The zero-order valence-electron chi connectivity index (χ0n) is 15.2. The SMILES string of the molecule is C=CCn1c(=O)oc2cc(NC(=O)Nc3cc(Cl)c(OC)cc3OC)ccc21. The molecule has 0 atom stereocenters. The van der Waals surface area contributed by atoms with Crippen LogP contribution in [-0.4, -0.2) is 24.8 Å². The number of urea groups is 1. The molecule has 146 valence electrons. The van der Waals surface area contributed by atoms with Crippen LogP contribution < -0.4 is 25.9 Å². The molecule has 9 heteroatoms. The molecule has 0 radical (unpaired) electrons. The average molecular weight is 404 g/mol. The summed E-state index contributed by atoms with van der Waals surface area (Å²) in [6, 6.07) is 7.48. The Hall–Kier alpha value is -3.39. The lowest BCUT2D eigenvalue weighted by Gasteiger charge is -2.13. The topological polar surface area (TPSA) is 94.7 Å². The molecular weight excluding hydrogens is 386 g/mol. The van der Waals surface area contributed by atoms with Gasteiger partial charge in [-0.15, -0.1) is 6.58 Å². The minimum absolute atomic E-state index is 0.324. The Labute approximate surface area is 165 Å². The first-order chi connectivity index (χ1) is 13.5. The largest absolute Gasteiger partial charge is 0.495 e. The number of fused-ring (bicyclic) bond motifs is 1. The number of amides is 2. The molecule has 0 aliphatic heterocycles. The Morgan fingerprint density at radius 2 is 1.96 bits per heavy atom. The van der Waals surface area contributed by atoms with E-state index in [1.165, 1.54) is 24.9 Å². The molecule has 0 saturated heterocycles. The van der Waals surface area contributed by atoms with Crippen LogP contribution in [0, 0.1) is 0 Å². The molecule has 1 heterocycles. The van der Waals surface area contributed by atoms with Crippen molar-refractivity contribution >= 4 is 40.1 Å². The predicted molar refractivity (Wildman–Crippen MR) is 108 cm³/mol. The molecule has 28 heavy (non-hydrogen) atoms. The molecule has 8 nitrogen and oxygen atoms in total. The van der Waals surface area contributed by atoms with E-state index in [-0.39, 0.29) is 0 Å². The van der Waals surface area contributed by atoms with E-state index < -0.39 is 11.8 Å². The summed E-state index contributed by atoms with van der Waals surface area (Å²) in [6.45, 7) is 3.95. The minimum atomic E-state index is -0.522. The van der Waals surface area contributed by atoms with Crippen molar-refractivity contribution in [2.75, 3.05) is 24.9 Å². The monoisotopic (exact) mass is 403 g/mol. The minimum Gasteiger partial charge on any atom is -0.495 e. The number of benzene rings is 2. The van der Waals surface area contributed by atoms with Gasteiger partial charge in [-0.25, -0.2) is 9.59 Å². The molecule has 2 aromatic carbocycles. The van der Waals surface area contributed by atoms with Gasteiger partial charge in [0.25, 0.3) is 0 Å². The van der Waals surface area contributed by atoms with Crippen molar-refractivity contribution in [3.63, 3.8) is 0 Å². The normalized spacial score (nSPS) is 10.5. The van der Waals surface area contributed by atoms with Crippen molar-refractivity contribution in [2.24, 2.45) is 0 Å². The van der Waals surface area contributed by atoms with Gasteiger partial charge in [-0.1, -0.05) is 17.7 Å². The van der Waals surface area contributed by atoms with Gasteiger partial charge in [0.15, 0.2) is 5.58 Å². The first-order valence-electron chi connectivity index (χ1n) is 8.20. The smallest absolute Gasteiger partial charge is 0.420 e. The maximum Gasteiger partial charge on any atom is 0.420 e. The van der Waals surface area contributed by atoms with Crippen LogP contribution in [0.15, 0.2) is 52.2 Å². The van der Waals surface area contributed by atoms with Crippen LogP contribution in [0.1, 0.15) is 0 Å². The highest BCUT2D eigenvalue weighted by Crippen LogP contribution is 2.36. The first-order valence-corrected chi connectivity index (χ1v) is 8.58. The van der Waals surface area contributed by atoms with Gasteiger partial charge in [0.1, 0.15) is 11.5 Å². The molecule has 0 fully saturated rings. The highest BCUT2D eigenvalue weighted by molar-refractivity contribution is 6.32. The molecule has 2 amide bonds. The van der Waals surface area contributed by atoms with Crippen LogP contribution in [0.2, 0.25) is 5.02 Å². The number of aromatic nitrogens is 1. The number of anilines is 2. The van der Waals surface area contributed by atoms with Crippen LogP contribution in [0.5, 0.6) is 11.5 Å². The molecule has 0 spiro atoms. The number of nitrogens with one attached hydrogen (secondary N) is 2. The summed E-state index contributed by atoms with van der Waals surface area (Å²) >= 11 is 6.11. The lowest BCUT2D eigenvalue weighted by molar-refractivity contribution is 0.262. The Morgan fingerprint density at radius 1 is 1.21 bits per heavy atom. The summed E-state index contributed by atoms with van der Waals surface area (Å²) in [4.78, 5) is 24.2. The lowest BCUT2D eigenvalue weighted by atomic mass is 10.2. The Bertz CT molecular complexity index is 1100. The van der Waals surface area contributed by atoms with Crippen molar-refractivity contribution < 1.29 is 18.7 Å². The first kappa shape index (κ1) is 19.4. The third kappa shape index (κ3) is 3.81. The molecule has 0 saturated carbocycles. The summed E-state index contributed by atoms with van der Waals surface area (Å²) in [6.07, 6.45) is 1.60. The van der Waals surface area contributed by atoms with Gasteiger partial charge in [0.2, 0.25) is 0 Å². The molecule has 0 aliphatic carbocycles. The van der Waals surface area contributed by atoms with Gasteiger partial charge in [-0.05, 0) is 18.2 Å². The van der Waals surface area contributed by atoms with Gasteiger partial charge in [-0.2, -0.15) is 0 Å². The van der Waals surface area contributed by atoms with E-state index in [1.807, 2.05) is 0 Å². The Kier molecular flexibility index (Phi) is 5.60. The van der Waals surface area contributed by atoms with Gasteiger partial charge in [0.05, 0.1) is 30.4 Å². The van der Waals surface area contributed by atoms with Gasteiger partial charge >= 0.3 is 11.8 Å². The standard InChI is InChI=1S/C19H18ClN3O5/c1-4-7-23-14-6-5-11(8-17(14)28-19(23)25)21-18(24)22-13-9-12(20)15(26-2)10-16(13)27-3/h4-6,8-10H,1,7H2,2-3H3,(H2,21,22,24). The van der Waals surface area contributed by atoms with Crippen molar-refractivity contribution in [1.29, 1.82) is 0 Å². The van der Waals surface area contributed by atoms with Gasteiger partial charge < -0.3 is 24.5 Å². The van der Waals surface area contributed by atoms with Crippen LogP contribution in [-0.2, 0) is 6.54 Å². The number of rotatable bonds is 6. The van der Waals surface area contributed by atoms with Crippen molar-refractivity contribution in [3.8, 4) is 11.5 Å². The second kappa shape index (κ2) is 8.10. The second-order valence-electron chi connectivity index (χ2n) is 5.72. The molecule has 3 rings (SSSR count). The summed E-state index contributed by atoms with van der Waals surface area (Å²) < 4.78 is 17.0. The number of halogens is 1. The number of ether oxygens (including phenoxy) is 2. The predicted octanol–water partition coefficient (Wildman–Crippen LogP) is 4.10. The fourth-order valence-electron chi connectivity index (χ4n) is 2.69. The number of hydrogen-bond donors (Lipinski definition) is 2. The van der Waals surface area contributed by atoms with Crippen LogP contribution in [0.4, 0.5) is 16.2 Å². The number of carbonyl (C=O) groups is 1. The highest BCUT2D eigenvalue weighted by Gasteiger charge is 2.14. The van der Waals surface area contributed by atoms with E-state index in [1.54, 1.807) is 30.3 Å². The Balaban J connectivity index is 1.81. The molecule has 0 unspecified atom stereocenters. The molecule has 2 N–H and O–H groups in total. The number of methoxy groups -OCH3 is 2. The van der Waals surface area contributed by atoms with Crippen LogP contribution >= 0.6 is 11.6 Å². The number of hydrogen-bond acceptors (Lipinski definition) is 5. The van der Waals surface area contributed by atoms with Crippen molar-refractivity contribution in [2.45, 2.75) is 6.54 Å². The second-order valence-corrected chi connectivity index (χ2v) is 6.12. The molecule has 1 aromatic heterocycles. The van der Waals surface area contributed by atoms with E-state index in [0.29, 0.717) is 45.5 Å². The summed E-state index contributed by atoms with van der Waals surface area (Å²) in [5, 5.41) is 5.66. The van der Waals surface area contributed by atoms with E-state index in [0.717, 1.165) is 0 Å². The third-order valence-electron chi connectivity index (χ3n) is 3.96. The van der Waals surface area contributed by atoms with E-state index in [4.69, 9.17) is 25.5 Å². The van der Waals surface area contributed by atoms with Crippen molar-refractivity contribution in [1.82, 2.24) is 4.57 Å². The average Bonchev–Trinajstić information content (AvgIpc) is 2.97. The lowest BCUT2D eigenvalue weighted by Crippen LogP contribution is -2.19. The highest BCUT2D eigenvalue weighted by atomic mass is 35.5. The third-order valence-corrected chi connectivity index (χ3v) is 4.26. The summed E-state index contributed by atoms with van der Waals surface area (Å²) in [7, 11) is 2.95. The molecule has 0 bridgehead atoms. The summed E-state index contributed by atoms with van der Waals surface area (Å²) in [5.41, 5.74) is 1.79. The van der Waals surface area contributed by atoms with Gasteiger partial charge in [0, 0.05) is 24.4 Å². The fourth-order valence-corrected chi connectivity index (χ4v) is 2.93. The molecule has 3 aromatic rings. The maximum atomic E-state index is 12.4. The quantitative estimate of drug-likeness (QED) is 0.604. The van der Waals surface area contributed by atoms with E-state index in [9.17, 15) is 9.59 Å². The zero-order chi connectivity index (χ0) is 20.3. The molecule has 0 aliphatic rings. The number of oxazole rings is 1. The van der Waals surface area contributed by atoms with Crippen LogP contribution in [0.25, 0.3) is 11.1 Å². The van der Waals surface area contributed by atoms with Gasteiger partial charge in [-0.3, -0.25) is 4.57 Å². The number of nitrogens with zero attached hydrogens (tertiary/aromatic N) is 1. The molecular formula is C19H18ClN3O5. The zero-order valence-corrected chi connectivity index (χ0v) is 16.0. The summed E-state index contributed by atoms with van der Waals surface area (Å²) in [5.74, 6) is 0.322. The van der Waals surface area contributed by atoms with E-state index in [2.05, 4.69) is 17.2 Å². The Morgan fingerprint density at radius 3 is 2.64 bits per heavy atom. The fraction of sp³-hybridized carbons (Fsp3) is 0.158. The van der Waals surface area contributed by atoms with E-state index >= 15 is 0 Å². The van der Waals surface area contributed by atoms with Crippen molar-refractivity contribution in [3.05, 3.63) is 58.6 Å². The van der Waals surface area contributed by atoms with Crippen LogP contribution in [0.3, 0.4) is 0 Å².